The molecule has 1 amide bonds. The maximum absolute atomic E-state index is 12.7. The van der Waals surface area contributed by atoms with Crippen LogP contribution in [0.2, 0.25) is 0 Å². The van der Waals surface area contributed by atoms with Crippen molar-refractivity contribution in [3.05, 3.63) is 68.3 Å². The number of aryl methyl sites for hydroxylation is 1. The van der Waals surface area contributed by atoms with Crippen molar-refractivity contribution in [1.82, 2.24) is 0 Å². The average Bonchev–Trinajstić information content (AvgIpc) is 2.62. The molecular weight excluding hydrogens is 404 g/mol. The van der Waals surface area contributed by atoms with Crippen LogP contribution < -0.4 is 9.62 Å². The topological polar surface area (TPSA) is 153 Å². The fourth-order valence-corrected chi connectivity index (χ4v) is 3.81. The molecule has 2 aromatic rings. The van der Waals surface area contributed by atoms with E-state index in [1.54, 1.807) is 6.92 Å². The Morgan fingerprint density at radius 1 is 1.07 bits per heavy atom. The highest BCUT2D eigenvalue weighted by Crippen LogP contribution is 2.27. The summed E-state index contributed by atoms with van der Waals surface area (Å²) in [6.45, 7) is 2.93. The molecule has 11 nitrogen and oxygen atoms in total. The summed E-state index contributed by atoms with van der Waals surface area (Å²) < 4.78 is 25.4. The summed E-state index contributed by atoms with van der Waals surface area (Å²) in [4.78, 5) is 33.3. The van der Waals surface area contributed by atoms with E-state index in [0.717, 1.165) is 22.7 Å². The molecule has 1 unspecified atom stereocenters. The van der Waals surface area contributed by atoms with Crippen LogP contribution in [0, 0.1) is 27.2 Å². The van der Waals surface area contributed by atoms with Gasteiger partial charge in [0.05, 0.1) is 27.5 Å². The lowest BCUT2D eigenvalue weighted by atomic mass is 10.1. The van der Waals surface area contributed by atoms with Crippen molar-refractivity contribution in [3.8, 4) is 0 Å². The number of nitro groups is 2. The highest BCUT2D eigenvalue weighted by Gasteiger charge is 2.30. The molecule has 1 atom stereocenters. The monoisotopic (exact) mass is 422 g/mol. The second-order valence-corrected chi connectivity index (χ2v) is 8.12. The molecule has 0 spiro atoms. The van der Waals surface area contributed by atoms with Crippen LogP contribution in [-0.2, 0) is 14.8 Å². The van der Waals surface area contributed by atoms with E-state index >= 15 is 0 Å². The quantitative estimate of drug-likeness (QED) is 0.531. The third kappa shape index (κ3) is 5.04. The van der Waals surface area contributed by atoms with E-state index in [0.29, 0.717) is 5.56 Å². The third-order valence-electron chi connectivity index (χ3n) is 4.07. The SMILES string of the molecule is Cc1ccc([N+](=O)[O-])cc1NC(=O)C(C)N(c1cccc([N+](=O)[O-])c1)S(C)(=O)=O. The van der Waals surface area contributed by atoms with Gasteiger partial charge >= 0.3 is 0 Å². The number of hydrogen-bond donors (Lipinski definition) is 1. The molecule has 0 aromatic heterocycles. The molecule has 29 heavy (non-hydrogen) atoms. The lowest BCUT2D eigenvalue weighted by molar-refractivity contribution is -0.385. The molecular formula is C17H18N4O7S. The van der Waals surface area contributed by atoms with Gasteiger partial charge in [-0.1, -0.05) is 12.1 Å². The predicted octanol–water partition coefficient (Wildman–Crippen LogP) is 2.60. The zero-order valence-corrected chi connectivity index (χ0v) is 16.5. The first-order valence-electron chi connectivity index (χ1n) is 8.21. The predicted molar refractivity (Wildman–Crippen MR) is 106 cm³/mol. The fraction of sp³-hybridized carbons (Fsp3) is 0.235. The minimum atomic E-state index is -3.99. The molecule has 0 aliphatic heterocycles. The molecule has 0 aliphatic carbocycles. The van der Waals surface area contributed by atoms with Gasteiger partial charge in [0, 0.05) is 24.3 Å². The molecule has 0 aliphatic rings. The minimum Gasteiger partial charge on any atom is -0.324 e. The first kappa shape index (κ1) is 21.8. The third-order valence-corrected chi connectivity index (χ3v) is 5.32. The Labute approximate surface area is 166 Å². The minimum absolute atomic E-state index is 0.0554. The van der Waals surface area contributed by atoms with Gasteiger partial charge in [-0.15, -0.1) is 0 Å². The summed E-state index contributed by atoms with van der Waals surface area (Å²) >= 11 is 0. The standard InChI is InChI=1S/C17H18N4O7S/c1-11-7-8-15(21(25)26)10-16(11)18-17(22)12(2)19(29(3,27)28)13-5-4-6-14(9-13)20(23)24/h4-10,12H,1-3H3,(H,18,22). The molecule has 0 saturated heterocycles. The zero-order valence-electron chi connectivity index (χ0n) is 15.7. The van der Waals surface area contributed by atoms with Crippen LogP contribution in [0.5, 0.6) is 0 Å². The Hall–Kier alpha value is -3.54. The average molecular weight is 422 g/mol. The second kappa shape index (κ2) is 8.22. The molecule has 12 heteroatoms. The maximum Gasteiger partial charge on any atom is 0.271 e. The number of nitro benzene ring substituents is 2. The van der Waals surface area contributed by atoms with Crippen LogP contribution in [0.4, 0.5) is 22.7 Å². The molecule has 0 radical (unpaired) electrons. The Bertz CT molecular complexity index is 1080. The van der Waals surface area contributed by atoms with E-state index in [4.69, 9.17) is 0 Å². The van der Waals surface area contributed by atoms with Gasteiger partial charge in [-0.2, -0.15) is 0 Å². The summed E-state index contributed by atoms with van der Waals surface area (Å²) in [6.07, 6.45) is 0.869. The highest BCUT2D eigenvalue weighted by atomic mass is 32.2. The molecule has 0 fully saturated rings. The van der Waals surface area contributed by atoms with E-state index in [1.165, 1.54) is 37.3 Å². The highest BCUT2D eigenvalue weighted by molar-refractivity contribution is 7.92. The van der Waals surface area contributed by atoms with Gasteiger partial charge < -0.3 is 5.32 Å². The summed E-state index contributed by atoms with van der Waals surface area (Å²) in [6, 6.07) is 7.49. The molecule has 154 valence electrons. The maximum atomic E-state index is 12.7. The molecule has 1 N–H and O–H groups in total. The fourth-order valence-electron chi connectivity index (χ4n) is 2.65. The van der Waals surface area contributed by atoms with E-state index in [9.17, 15) is 33.4 Å². The van der Waals surface area contributed by atoms with Crippen LogP contribution in [0.1, 0.15) is 12.5 Å². The number of carbonyl (C=O) groups excluding carboxylic acids is 1. The van der Waals surface area contributed by atoms with Gasteiger partial charge in [-0.3, -0.25) is 29.3 Å². The number of benzene rings is 2. The van der Waals surface area contributed by atoms with Crippen molar-refractivity contribution < 1.29 is 23.1 Å². The van der Waals surface area contributed by atoms with Crippen molar-refractivity contribution in [1.29, 1.82) is 0 Å². The smallest absolute Gasteiger partial charge is 0.271 e. The van der Waals surface area contributed by atoms with Gasteiger partial charge in [-0.05, 0) is 25.5 Å². The Morgan fingerprint density at radius 2 is 1.66 bits per heavy atom. The number of amides is 1. The number of rotatable bonds is 7. The Kier molecular flexibility index (Phi) is 6.17. The van der Waals surface area contributed by atoms with E-state index < -0.39 is 31.8 Å². The van der Waals surface area contributed by atoms with Gasteiger partial charge in [0.2, 0.25) is 15.9 Å². The zero-order chi connectivity index (χ0) is 21.9. The van der Waals surface area contributed by atoms with E-state index in [1.807, 2.05) is 0 Å². The lowest BCUT2D eigenvalue weighted by Crippen LogP contribution is -2.45. The van der Waals surface area contributed by atoms with Gasteiger partial charge in [0.15, 0.2) is 0 Å². The molecule has 0 bridgehead atoms. The number of anilines is 2. The van der Waals surface area contributed by atoms with Crippen LogP contribution in [0.3, 0.4) is 0 Å². The lowest BCUT2D eigenvalue weighted by Gasteiger charge is -2.28. The van der Waals surface area contributed by atoms with Gasteiger partial charge in [0.25, 0.3) is 11.4 Å². The molecule has 2 aromatic carbocycles. The number of carbonyl (C=O) groups is 1. The summed E-state index contributed by atoms with van der Waals surface area (Å²) in [5.74, 6) is -0.759. The summed E-state index contributed by atoms with van der Waals surface area (Å²) in [7, 11) is -3.99. The number of non-ortho nitro benzene ring substituents is 2. The van der Waals surface area contributed by atoms with Crippen LogP contribution in [0.25, 0.3) is 0 Å². The molecule has 0 heterocycles. The number of nitrogens with one attached hydrogen (secondary N) is 1. The van der Waals surface area contributed by atoms with Crippen molar-refractivity contribution in [2.45, 2.75) is 19.9 Å². The Morgan fingerprint density at radius 3 is 2.21 bits per heavy atom. The van der Waals surface area contributed by atoms with Crippen LogP contribution in [0.15, 0.2) is 42.5 Å². The first-order valence-corrected chi connectivity index (χ1v) is 10.1. The summed E-state index contributed by atoms with van der Waals surface area (Å²) in [5, 5.41) is 24.4. The van der Waals surface area contributed by atoms with Gasteiger partial charge in [-0.25, -0.2) is 8.42 Å². The van der Waals surface area contributed by atoms with E-state index in [2.05, 4.69) is 5.32 Å². The molecule has 0 saturated carbocycles. The summed E-state index contributed by atoms with van der Waals surface area (Å²) in [5.41, 5.74) is 0.0663. The Balaban J connectivity index is 2.40. The van der Waals surface area contributed by atoms with Crippen molar-refractivity contribution in [3.63, 3.8) is 0 Å². The van der Waals surface area contributed by atoms with Crippen molar-refractivity contribution in [2.24, 2.45) is 0 Å². The van der Waals surface area contributed by atoms with Crippen molar-refractivity contribution >= 4 is 38.7 Å². The molecule has 2 rings (SSSR count). The van der Waals surface area contributed by atoms with Gasteiger partial charge in [0.1, 0.15) is 6.04 Å². The normalized spacial score (nSPS) is 12.1. The van der Waals surface area contributed by atoms with Crippen LogP contribution >= 0.6 is 0 Å². The number of nitrogens with zero attached hydrogens (tertiary/aromatic N) is 3. The van der Waals surface area contributed by atoms with E-state index in [-0.39, 0.29) is 22.7 Å². The number of hydrogen-bond acceptors (Lipinski definition) is 7. The number of sulfonamides is 1. The van der Waals surface area contributed by atoms with Crippen LogP contribution in [-0.4, -0.2) is 36.5 Å². The largest absolute Gasteiger partial charge is 0.324 e. The first-order chi connectivity index (χ1) is 13.4. The van der Waals surface area contributed by atoms with Crippen molar-refractivity contribution in [2.75, 3.05) is 15.9 Å². The second-order valence-electron chi connectivity index (χ2n) is 6.26.